The number of nitrogens with zero attached hydrogens (tertiary/aromatic N) is 2. The van der Waals surface area contributed by atoms with Crippen LogP contribution < -0.4 is 5.32 Å². The van der Waals surface area contributed by atoms with Gasteiger partial charge in [0, 0.05) is 17.5 Å². The van der Waals surface area contributed by atoms with E-state index >= 15 is 0 Å². The Morgan fingerprint density at radius 1 is 1.38 bits per heavy atom. The first-order valence-electron chi connectivity index (χ1n) is 8.32. The van der Waals surface area contributed by atoms with Crippen molar-refractivity contribution in [3.8, 4) is 0 Å². The van der Waals surface area contributed by atoms with Gasteiger partial charge in [0.2, 0.25) is 0 Å². The first-order chi connectivity index (χ1) is 10.3. The van der Waals surface area contributed by atoms with Crippen molar-refractivity contribution >= 4 is 27.7 Å². The Hall–Kier alpha value is -0.0000000000000000763. The summed E-state index contributed by atoms with van der Waals surface area (Å²) in [6.45, 7) is 6.39. The molecule has 1 N–H and O–H groups in total. The van der Waals surface area contributed by atoms with E-state index in [2.05, 4.69) is 56.6 Å². The normalized spacial score (nSPS) is 18.0. The Labute approximate surface area is 141 Å². The first-order valence-corrected chi connectivity index (χ1v) is 10.2. The van der Waals surface area contributed by atoms with Crippen LogP contribution in [0.15, 0.2) is 10.7 Å². The van der Waals surface area contributed by atoms with Gasteiger partial charge in [0.15, 0.2) is 0 Å². The summed E-state index contributed by atoms with van der Waals surface area (Å²) in [5.74, 6) is 1.15. The van der Waals surface area contributed by atoms with Crippen molar-refractivity contribution in [3.05, 3.63) is 16.4 Å². The highest BCUT2D eigenvalue weighted by Gasteiger charge is 2.22. The molecule has 1 aliphatic rings. The molecular formula is C16H28BrN3S. The predicted molar refractivity (Wildman–Crippen MR) is 96.0 cm³/mol. The molecule has 2 rings (SSSR count). The number of thioether (sulfide) groups is 1. The van der Waals surface area contributed by atoms with Crippen LogP contribution >= 0.6 is 27.7 Å². The van der Waals surface area contributed by atoms with Crippen LogP contribution in [-0.2, 0) is 6.54 Å². The molecule has 1 aliphatic carbocycles. The standard InChI is InChI=1S/C16H28BrN3S/c1-3-10-20-16(14(17)11-19-20)15(18-4-2)12-21-13-8-6-5-7-9-13/h11,13,15,18H,3-10,12H2,1-2H3. The van der Waals surface area contributed by atoms with Crippen molar-refractivity contribution in [2.45, 2.75) is 70.2 Å². The van der Waals surface area contributed by atoms with Crippen LogP contribution in [-0.4, -0.2) is 27.3 Å². The van der Waals surface area contributed by atoms with Crippen LogP contribution in [0.1, 0.15) is 64.1 Å². The van der Waals surface area contributed by atoms with Crippen LogP contribution in [0.25, 0.3) is 0 Å². The van der Waals surface area contributed by atoms with Gasteiger partial charge < -0.3 is 5.32 Å². The van der Waals surface area contributed by atoms with Crippen molar-refractivity contribution in [1.82, 2.24) is 15.1 Å². The lowest BCUT2D eigenvalue weighted by Gasteiger charge is -2.25. The maximum atomic E-state index is 4.52. The number of halogens is 1. The van der Waals surface area contributed by atoms with Gasteiger partial charge >= 0.3 is 0 Å². The molecule has 1 aromatic rings. The van der Waals surface area contributed by atoms with Crippen molar-refractivity contribution < 1.29 is 0 Å². The molecule has 1 unspecified atom stereocenters. The van der Waals surface area contributed by atoms with Crippen LogP contribution in [0.2, 0.25) is 0 Å². The third-order valence-corrected chi connectivity index (χ3v) is 6.18. The minimum absolute atomic E-state index is 0.394. The van der Waals surface area contributed by atoms with Crippen molar-refractivity contribution in [2.24, 2.45) is 0 Å². The zero-order valence-electron chi connectivity index (χ0n) is 13.3. The molecule has 0 radical (unpaired) electrons. The molecule has 0 amide bonds. The number of nitrogens with one attached hydrogen (secondary N) is 1. The lowest BCUT2D eigenvalue weighted by Crippen LogP contribution is -2.27. The fourth-order valence-electron chi connectivity index (χ4n) is 3.05. The molecular weight excluding hydrogens is 346 g/mol. The maximum Gasteiger partial charge on any atom is 0.0704 e. The van der Waals surface area contributed by atoms with Gasteiger partial charge in [-0.25, -0.2) is 0 Å². The van der Waals surface area contributed by atoms with E-state index in [1.807, 2.05) is 6.20 Å². The second-order valence-corrected chi connectivity index (χ2v) is 7.99. The number of hydrogen-bond acceptors (Lipinski definition) is 3. The van der Waals surface area contributed by atoms with Crippen LogP contribution in [0.4, 0.5) is 0 Å². The molecule has 0 spiro atoms. The summed E-state index contributed by atoms with van der Waals surface area (Å²) in [6, 6.07) is 0.394. The Morgan fingerprint density at radius 3 is 2.81 bits per heavy atom. The molecule has 0 bridgehead atoms. The minimum atomic E-state index is 0.394. The number of aryl methyl sites for hydroxylation is 1. The molecule has 1 fully saturated rings. The number of hydrogen-bond donors (Lipinski definition) is 1. The smallest absolute Gasteiger partial charge is 0.0704 e. The minimum Gasteiger partial charge on any atom is -0.308 e. The van der Waals surface area contributed by atoms with Crippen LogP contribution in [0.3, 0.4) is 0 Å². The number of rotatable bonds is 8. The molecule has 5 heteroatoms. The average molecular weight is 374 g/mol. The summed E-state index contributed by atoms with van der Waals surface area (Å²) in [5.41, 5.74) is 1.32. The van der Waals surface area contributed by atoms with Gasteiger partial charge in [-0.2, -0.15) is 16.9 Å². The Kier molecular flexibility index (Phi) is 7.61. The van der Waals surface area contributed by atoms with E-state index in [0.717, 1.165) is 35.0 Å². The third-order valence-electron chi connectivity index (χ3n) is 4.10. The average Bonchev–Trinajstić information content (AvgIpc) is 2.86. The zero-order valence-corrected chi connectivity index (χ0v) is 15.7. The molecule has 3 nitrogen and oxygen atoms in total. The summed E-state index contributed by atoms with van der Waals surface area (Å²) in [4.78, 5) is 0. The largest absolute Gasteiger partial charge is 0.308 e. The van der Waals surface area contributed by atoms with Gasteiger partial charge in [0.05, 0.1) is 22.4 Å². The predicted octanol–water partition coefficient (Wildman–Crippen LogP) is 4.77. The van der Waals surface area contributed by atoms with Gasteiger partial charge in [-0.3, -0.25) is 4.68 Å². The van der Waals surface area contributed by atoms with E-state index < -0.39 is 0 Å². The fourth-order valence-corrected chi connectivity index (χ4v) is 5.03. The zero-order chi connectivity index (χ0) is 15.1. The van der Waals surface area contributed by atoms with E-state index in [9.17, 15) is 0 Å². The van der Waals surface area contributed by atoms with Gasteiger partial charge in [-0.05, 0) is 41.7 Å². The highest BCUT2D eigenvalue weighted by atomic mass is 79.9. The van der Waals surface area contributed by atoms with E-state index in [1.54, 1.807) is 0 Å². The van der Waals surface area contributed by atoms with Gasteiger partial charge in [-0.15, -0.1) is 0 Å². The summed E-state index contributed by atoms with van der Waals surface area (Å²) < 4.78 is 3.31. The van der Waals surface area contributed by atoms with Gasteiger partial charge in [-0.1, -0.05) is 33.1 Å². The van der Waals surface area contributed by atoms with E-state index in [-0.39, 0.29) is 0 Å². The molecule has 120 valence electrons. The lowest BCUT2D eigenvalue weighted by atomic mass is 10.0. The monoisotopic (exact) mass is 373 g/mol. The molecule has 1 atom stereocenters. The van der Waals surface area contributed by atoms with E-state index in [1.165, 1.54) is 37.8 Å². The first kappa shape index (κ1) is 17.4. The summed E-state index contributed by atoms with van der Waals surface area (Å²) in [7, 11) is 0. The number of aromatic nitrogens is 2. The summed E-state index contributed by atoms with van der Waals surface area (Å²) in [5, 5.41) is 9.04. The molecule has 1 aromatic heterocycles. The summed E-state index contributed by atoms with van der Waals surface area (Å²) >= 11 is 5.85. The molecule has 1 saturated carbocycles. The second-order valence-electron chi connectivity index (χ2n) is 5.80. The van der Waals surface area contributed by atoms with Crippen molar-refractivity contribution in [2.75, 3.05) is 12.3 Å². The summed E-state index contributed by atoms with van der Waals surface area (Å²) in [6.07, 6.45) is 10.1. The van der Waals surface area contributed by atoms with Crippen LogP contribution in [0, 0.1) is 0 Å². The highest BCUT2D eigenvalue weighted by molar-refractivity contribution is 9.10. The SMILES string of the molecule is CCCn1ncc(Br)c1C(CSC1CCCCC1)NCC. The van der Waals surface area contributed by atoms with Crippen LogP contribution in [0.5, 0.6) is 0 Å². The highest BCUT2D eigenvalue weighted by Crippen LogP contribution is 2.33. The lowest BCUT2D eigenvalue weighted by molar-refractivity contribution is 0.499. The maximum absolute atomic E-state index is 4.52. The fraction of sp³-hybridized carbons (Fsp3) is 0.812. The Bertz CT molecular complexity index is 416. The van der Waals surface area contributed by atoms with Gasteiger partial charge in [0.25, 0.3) is 0 Å². The van der Waals surface area contributed by atoms with E-state index in [0.29, 0.717) is 6.04 Å². The quantitative estimate of drug-likeness (QED) is 0.711. The molecule has 0 aliphatic heterocycles. The van der Waals surface area contributed by atoms with Gasteiger partial charge in [0.1, 0.15) is 0 Å². The molecule has 1 heterocycles. The van der Waals surface area contributed by atoms with E-state index in [4.69, 9.17) is 0 Å². The second kappa shape index (κ2) is 9.21. The molecule has 21 heavy (non-hydrogen) atoms. The Balaban J connectivity index is 2.01. The Morgan fingerprint density at radius 2 is 2.14 bits per heavy atom. The van der Waals surface area contributed by atoms with Crippen molar-refractivity contribution in [1.29, 1.82) is 0 Å². The topological polar surface area (TPSA) is 29.9 Å². The third kappa shape index (κ3) is 5.00. The van der Waals surface area contributed by atoms with Crippen molar-refractivity contribution in [3.63, 3.8) is 0 Å². The molecule has 0 saturated heterocycles. The molecule has 0 aromatic carbocycles.